The number of piperazine rings is 1. The lowest BCUT2D eigenvalue weighted by atomic mass is 10.1. The number of hydrogen-bond donors (Lipinski definition) is 1. The molecule has 1 fully saturated rings. The smallest absolute Gasteiger partial charge is 0.236 e. The van der Waals surface area contributed by atoms with E-state index in [4.69, 9.17) is 5.73 Å². The molecule has 0 aromatic rings. The molecule has 1 saturated heterocycles. The third kappa shape index (κ3) is 4.75. The van der Waals surface area contributed by atoms with Gasteiger partial charge in [-0.2, -0.15) is 0 Å². The van der Waals surface area contributed by atoms with Crippen molar-refractivity contribution in [1.29, 1.82) is 0 Å². The van der Waals surface area contributed by atoms with Gasteiger partial charge in [-0.15, -0.1) is 0 Å². The van der Waals surface area contributed by atoms with Crippen molar-refractivity contribution in [2.24, 2.45) is 5.73 Å². The van der Waals surface area contributed by atoms with Gasteiger partial charge in [0.2, 0.25) is 5.91 Å². The summed E-state index contributed by atoms with van der Waals surface area (Å²) in [6, 6.07) is 0.770. The van der Waals surface area contributed by atoms with Crippen LogP contribution in [-0.4, -0.2) is 79.0 Å². The summed E-state index contributed by atoms with van der Waals surface area (Å²) in [5.41, 5.74) is 5.79. The Morgan fingerprint density at radius 3 is 2.26 bits per heavy atom. The first-order chi connectivity index (χ1) is 8.99. The highest BCUT2D eigenvalue weighted by Gasteiger charge is 2.24. The van der Waals surface area contributed by atoms with E-state index in [0.29, 0.717) is 12.6 Å². The highest BCUT2D eigenvalue weighted by Crippen LogP contribution is 2.09. The zero-order valence-electron chi connectivity index (χ0n) is 12.9. The molecule has 0 aromatic carbocycles. The lowest BCUT2D eigenvalue weighted by molar-refractivity contribution is -0.133. The second-order valence-corrected chi connectivity index (χ2v) is 5.71. The minimum absolute atomic E-state index is 0.217. The number of nitrogens with zero attached hydrogens (tertiary/aromatic N) is 3. The minimum atomic E-state index is 0.217. The molecular formula is C14H30N4O. The van der Waals surface area contributed by atoms with E-state index in [-0.39, 0.29) is 11.9 Å². The van der Waals surface area contributed by atoms with E-state index in [1.165, 1.54) is 0 Å². The second-order valence-electron chi connectivity index (χ2n) is 5.71. The topological polar surface area (TPSA) is 52.8 Å². The summed E-state index contributed by atoms with van der Waals surface area (Å²) in [4.78, 5) is 18.6. The molecule has 0 bridgehead atoms. The molecule has 1 aliphatic heterocycles. The molecule has 112 valence electrons. The summed E-state index contributed by atoms with van der Waals surface area (Å²) < 4.78 is 0. The Bertz CT molecular complexity index is 271. The van der Waals surface area contributed by atoms with Crippen LogP contribution in [0.4, 0.5) is 0 Å². The first kappa shape index (κ1) is 16.4. The van der Waals surface area contributed by atoms with Gasteiger partial charge in [-0.05, 0) is 20.3 Å². The first-order valence-corrected chi connectivity index (χ1v) is 7.41. The van der Waals surface area contributed by atoms with Gasteiger partial charge in [0, 0.05) is 51.9 Å². The molecule has 1 aliphatic rings. The van der Waals surface area contributed by atoms with Crippen LogP contribution in [0.2, 0.25) is 0 Å². The molecule has 5 nitrogen and oxygen atoms in total. The predicted molar refractivity (Wildman–Crippen MR) is 79.1 cm³/mol. The van der Waals surface area contributed by atoms with E-state index in [2.05, 4.69) is 16.7 Å². The fraction of sp³-hybridized carbons (Fsp3) is 0.929. The number of likely N-dealkylation sites (N-methyl/N-ethyl adjacent to an activating group) is 1. The molecular weight excluding hydrogens is 240 g/mol. The van der Waals surface area contributed by atoms with E-state index in [0.717, 1.165) is 39.1 Å². The van der Waals surface area contributed by atoms with Crippen molar-refractivity contribution in [3.05, 3.63) is 0 Å². The molecule has 2 N–H and O–H groups in total. The van der Waals surface area contributed by atoms with Crippen molar-refractivity contribution in [2.75, 3.05) is 46.3 Å². The quantitative estimate of drug-likeness (QED) is 0.749. The van der Waals surface area contributed by atoms with Crippen LogP contribution in [0.1, 0.15) is 27.2 Å². The second kappa shape index (κ2) is 7.82. The summed E-state index contributed by atoms with van der Waals surface area (Å²) in [5, 5.41) is 0. The van der Waals surface area contributed by atoms with Crippen LogP contribution in [-0.2, 0) is 4.79 Å². The van der Waals surface area contributed by atoms with Gasteiger partial charge in [0.25, 0.3) is 0 Å². The summed E-state index contributed by atoms with van der Waals surface area (Å²) >= 11 is 0. The first-order valence-electron chi connectivity index (χ1n) is 7.41. The van der Waals surface area contributed by atoms with Gasteiger partial charge in [0.1, 0.15) is 0 Å². The van der Waals surface area contributed by atoms with E-state index >= 15 is 0 Å². The maximum atomic E-state index is 12.0. The van der Waals surface area contributed by atoms with Crippen molar-refractivity contribution in [2.45, 2.75) is 39.3 Å². The number of rotatable bonds is 6. The molecule has 1 heterocycles. The lowest BCUT2D eigenvalue weighted by Crippen LogP contribution is -2.54. The molecule has 0 radical (unpaired) electrons. The van der Waals surface area contributed by atoms with Gasteiger partial charge >= 0.3 is 0 Å². The van der Waals surface area contributed by atoms with Crippen LogP contribution < -0.4 is 5.73 Å². The number of nitrogens with two attached hydrogens (primary N) is 1. The molecule has 1 rings (SSSR count). The van der Waals surface area contributed by atoms with Crippen molar-refractivity contribution in [3.8, 4) is 0 Å². The Labute approximate surface area is 117 Å². The van der Waals surface area contributed by atoms with Gasteiger partial charge in [-0.3, -0.25) is 14.6 Å². The van der Waals surface area contributed by atoms with Crippen molar-refractivity contribution in [1.82, 2.24) is 14.7 Å². The highest BCUT2D eigenvalue weighted by molar-refractivity contribution is 5.78. The number of amides is 1. The largest absolute Gasteiger partial charge is 0.342 e. The predicted octanol–water partition coefficient (Wildman–Crippen LogP) is 0.208. The van der Waals surface area contributed by atoms with Gasteiger partial charge < -0.3 is 10.6 Å². The normalized spacial score (nSPS) is 19.7. The molecule has 5 heteroatoms. The van der Waals surface area contributed by atoms with Crippen LogP contribution in [0.25, 0.3) is 0 Å². The van der Waals surface area contributed by atoms with Gasteiger partial charge in [0.15, 0.2) is 0 Å². The Morgan fingerprint density at radius 2 is 1.84 bits per heavy atom. The van der Waals surface area contributed by atoms with Gasteiger partial charge in [-0.1, -0.05) is 6.92 Å². The van der Waals surface area contributed by atoms with Crippen LogP contribution in [0.5, 0.6) is 0 Å². The van der Waals surface area contributed by atoms with Crippen molar-refractivity contribution in [3.63, 3.8) is 0 Å². The lowest BCUT2D eigenvalue weighted by Gasteiger charge is -2.39. The number of carbonyl (C=O) groups excluding carboxylic acids is 1. The Hall–Kier alpha value is -0.650. The van der Waals surface area contributed by atoms with Gasteiger partial charge in [0.05, 0.1) is 6.54 Å². The molecule has 1 amide bonds. The average Bonchev–Trinajstić information content (AvgIpc) is 2.41. The van der Waals surface area contributed by atoms with E-state index in [1.807, 2.05) is 25.8 Å². The van der Waals surface area contributed by atoms with Crippen molar-refractivity contribution < 1.29 is 4.79 Å². The standard InChI is InChI=1S/C14H30N4O/c1-5-13(10-15)18-8-6-17(7-9-18)11-14(19)16(4)12(2)3/h12-13H,5-11,15H2,1-4H3. The zero-order chi connectivity index (χ0) is 14.4. The molecule has 1 unspecified atom stereocenters. The summed E-state index contributed by atoms with van der Waals surface area (Å²) in [6.45, 7) is 11.5. The maximum absolute atomic E-state index is 12.0. The van der Waals surface area contributed by atoms with E-state index < -0.39 is 0 Å². The summed E-state index contributed by atoms with van der Waals surface area (Å²) in [6.07, 6.45) is 1.10. The van der Waals surface area contributed by atoms with Crippen molar-refractivity contribution >= 4 is 5.91 Å². The summed E-state index contributed by atoms with van der Waals surface area (Å²) in [7, 11) is 1.88. The van der Waals surface area contributed by atoms with E-state index in [9.17, 15) is 4.79 Å². The molecule has 0 aromatic heterocycles. The van der Waals surface area contributed by atoms with Crippen LogP contribution >= 0.6 is 0 Å². The van der Waals surface area contributed by atoms with Crippen LogP contribution in [0, 0.1) is 0 Å². The molecule has 0 saturated carbocycles. The van der Waals surface area contributed by atoms with E-state index in [1.54, 1.807) is 0 Å². The number of hydrogen-bond acceptors (Lipinski definition) is 4. The minimum Gasteiger partial charge on any atom is -0.342 e. The SMILES string of the molecule is CCC(CN)N1CCN(CC(=O)N(C)C(C)C)CC1. The highest BCUT2D eigenvalue weighted by atomic mass is 16.2. The van der Waals surface area contributed by atoms with Crippen LogP contribution in [0.15, 0.2) is 0 Å². The average molecular weight is 270 g/mol. The fourth-order valence-electron chi connectivity index (χ4n) is 2.45. The molecule has 0 aliphatic carbocycles. The number of carbonyl (C=O) groups is 1. The van der Waals surface area contributed by atoms with Crippen LogP contribution in [0.3, 0.4) is 0 Å². The zero-order valence-corrected chi connectivity index (χ0v) is 12.9. The van der Waals surface area contributed by atoms with Gasteiger partial charge in [-0.25, -0.2) is 0 Å². The third-order valence-corrected chi connectivity index (χ3v) is 4.19. The fourth-order valence-corrected chi connectivity index (χ4v) is 2.45. The Balaban J connectivity index is 2.36. The maximum Gasteiger partial charge on any atom is 0.236 e. The molecule has 0 spiro atoms. The monoisotopic (exact) mass is 270 g/mol. The third-order valence-electron chi connectivity index (χ3n) is 4.19. The Kier molecular flexibility index (Phi) is 6.75. The Morgan fingerprint density at radius 1 is 1.26 bits per heavy atom. The molecule has 19 heavy (non-hydrogen) atoms. The molecule has 1 atom stereocenters. The summed E-state index contributed by atoms with van der Waals surface area (Å²) in [5.74, 6) is 0.217.